The van der Waals surface area contributed by atoms with Crippen molar-refractivity contribution in [1.82, 2.24) is 0 Å². The molecule has 0 N–H and O–H groups in total. The van der Waals surface area contributed by atoms with Gasteiger partial charge in [0.25, 0.3) is 0 Å². The summed E-state index contributed by atoms with van der Waals surface area (Å²) in [5.41, 5.74) is 0. The van der Waals surface area contributed by atoms with Crippen LogP contribution in [0.1, 0.15) is 51.9 Å². The summed E-state index contributed by atoms with van der Waals surface area (Å²) in [4.78, 5) is 0. The van der Waals surface area contributed by atoms with Crippen LogP contribution in [0.2, 0.25) is 0 Å². The van der Waals surface area contributed by atoms with E-state index in [1.807, 2.05) is 0 Å². The first-order chi connectivity index (χ1) is 8.93. The largest absolute Gasteiger partial charge is 0.125 e. The minimum atomic E-state index is -0.0236. The van der Waals surface area contributed by atoms with Gasteiger partial charge in [-0.25, -0.2) is 0 Å². The average molecular weight is 262 g/mol. The topological polar surface area (TPSA) is 0 Å². The van der Waals surface area contributed by atoms with Crippen LogP contribution in [-0.4, -0.2) is 0 Å². The Kier molecular flexibility index (Phi) is 9.66. The van der Waals surface area contributed by atoms with E-state index in [1.165, 1.54) is 51.1 Å². The van der Waals surface area contributed by atoms with Crippen molar-refractivity contribution in [2.75, 3.05) is 0 Å². The van der Waals surface area contributed by atoms with Crippen LogP contribution >= 0.6 is 7.53 Å². The van der Waals surface area contributed by atoms with E-state index in [0.717, 1.165) is 0 Å². The summed E-state index contributed by atoms with van der Waals surface area (Å²) >= 11 is 0. The van der Waals surface area contributed by atoms with Gasteiger partial charge in [-0.05, 0) is 24.2 Å². The van der Waals surface area contributed by atoms with Crippen LogP contribution in [0.4, 0.5) is 0 Å². The van der Waals surface area contributed by atoms with E-state index in [-0.39, 0.29) is 7.53 Å². The number of hydrogen-bond acceptors (Lipinski definition) is 0. The average Bonchev–Trinajstić information content (AvgIpc) is 2.51. The van der Waals surface area contributed by atoms with Crippen molar-refractivity contribution in [2.24, 2.45) is 0 Å². The fourth-order valence-corrected chi connectivity index (χ4v) is 3.65. The molecule has 0 aliphatic carbocycles. The van der Waals surface area contributed by atoms with E-state index in [2.05, 4.69) is 54.9 Å². The SMILES string of the molecule is CCCCCCCCCp1cccccccc1. The first-order valence-corrected chi connectivity index (χ1v) is 9.04. The van der Waals surface area contributed by atoms with Gasteiger partial charge in [0.15, 0.2) is 0 Å². The maximum atomic E-state index is 2.38. The Bertz CT molecular complexity index is 315. The third-order valence-corrected chi connectivity index (χ3v) is 5.07. The van der Waals surface area contributed by atoms with Crippen molar-refractivity contribution >= 4 is 7.53 Å². The summed E-state index contributed by atoms with van der Waals surface area (Å²) in [5, 5.41) is 0. The third-order valence-electron chi connectivity index (χ3n) is 3.13. The Labute approximate surface area is 114 Å². The summed E-state index contributed by atoms with van der Waals surface area (Å²) in [5.74, 6) is 4.76. The molecular formula is C17H27P. The van der Waals surface area contributed by atoms with Gasteiger partial charge in [-0.15, -0.1) is 7.53 Å². The van der Waals surface area contributed by atoms with Gasteiger partial charge in [-0.2, -0.15) is 0 Å². The lowest BCUT2D eigenvalue weighted by Crippen LogP contribution is -1.79. The lowest BCUT2D eigenvalue weighted by atomic mass is 10.1. The van der Waals surface area contributed by atoms with Crippen molar-refractivity contribution in [3.63, 3.8) is 0 Å². The van der Waals surface area contributed by atoms with Crippen LogP contribution in [0.25, 0.3) is 0 Å². The minimum absolute atomic E-state index is 0.0236. The maximum absolute atomic E-state index is 2.38. The molecule has 1 aromatic rings. The van der Waals surface area contributed by atoms with E-state index in [1.54, 1.807) is 0 Å². The summed E-state index contributed by atoms with van der Waals surface area (Å²) < 4.78 is 0. The van der Waals surface area contributed by atoms with Crippen LogP contribution in [0, 0.1) is 0 Å². The smallest absolute Gasteiger partial charge is 0.0141 e. The van der Waals surface area contributed by atoms with E-state index in [9.17, 15) is 0 Å². The third kappa shape index (κ3) is 8.37. The van der Waals surface area contributed by atoms with Gasteiger partial charge < -0.3 is 0 Å². The summed E-state index contributed by atoms with van der Waals surface area (Å²) in [6.45, 7) is 2.28. The Balaban J connectivity index is 2.21. The monoisotopic (exact) mass is 262 g/mol. The van der Waals surface area contributed by atoms with Crippen molar-refractivity contribution < 1.29 is 0 Å². The zero-order chi connectivity index (χ0) is 12.9. The van der Waals surface area contributed by atoms with Crippen LogP contribution < -0.4 is 0 Å². The van der Waals surface area contributed by atoms with Crippen molar-refractivity contribution in [2.45, 2.75) is 58.0 Å². The highest BCUT2D eigenvalue weighted by atomic mass is 31.1. The van der Waals surface area contributed by atoms with Gasteiger partial charge in [-0.3, -0.25) is 0 Å². The van der Waals surface area contributed by atoms with E-state index in [0.29, 0.717) is 0 Å². The zero-order valence-electron chi connectivity index (χ0n) is 11.7. The molecule has 0 bridgehead atoms. The molecular weight excluding hydrogens is 235 g/mol. The number of rotatable bonds is 8. The van der Waals surface area contributed by atoms with Gasteiger partial charge in [0.2, 0.25) is 0 Å². The van der Waals surface area contributed by atoms with Gasteiger partial charge in [0.05, 0.1) is 0 Å². The molecule has 0 fully saturated rings. The van der Waals surface area contributed by atoms with Gasteiger partial charge in [-0.1, -0.05) is 81.8 Å². The predicted octanol–water partition coefficient (Wildman–Crippen LogP) is 6.55. The summed E-state index contributed by atoms with van der Waals surface area (Å²) in [6.07, 6.45) is 11.2. The Morgan fingerprint density at radius 1 is 0.611 bits per heavy atom. The van der Waals surface area contributed by atoms with Gasteiger partial charge in [0.1, 0.15) is 0 Å². The molecule has 1 aromatic heterocycles. The Hall–Kier alpha value is -0.740. The van der Waals surface area contributed by atoms with Crippen molar-refractivity contribution in [3.05, 3.63) is 48.0 Å². The van der Waals surface area contributed by atoms with Crippen LogP contribution in [0.3, 0.4) is 0 Å². The van der Waals surface area contributed by atoms with Crippen LogP contribution in [-0.2, 0) is 6.16 Å². The molecule has 0 spiro atoms. The molecule has 0 radical (unpaired) electrons. The molecule has 0 unspecified atom stereocenters. The maximum Gasteiger partial charge on any atom is -0.0141 e. The predicted molar refractivity (Wildman–Crippen MR) is 84.8 cm³/mol. The van der Waals surface area contributed by atoms with Gasteiger partial charge >= 0.3 is 0 Å². The molecule has 100 valence electrons. The standard InChI is InChI=1S/C17H27P/c1-2-3-4-5-6-9-12-15-18-16-13-10-7-8-11-14-17-18/h7-8,10-11,13-14,16-17H,2-6,9,12,15H2,1H3. The first-order valence-electron chi connectivity index (χ1n) is 7.37. The highest BCUT2D eigenvalue weighted by Gasteiger charge is 1.92. The molecule has 18 heavy (non-hydrogen) atoms. The normalized spacial score (nSPS) is 10.1. The molecule has 1 heterocycles. The van der Waals surface area contributed by atoms with Crippen molar-refractivity contribution in [1.29, 1.82) is 0 Å². The Morgan fingerprint density at radius 2 is 1.11 bits per heavy atom. The second kappa shape index (κ2) is 11.4. The molecule has 0 saturated heterocycles. The lowest BCUT2D eigenvalue weighted by Gasteiger charge is -2.01. The van der Waals surface area contributed by atoms with Gasteiger partial charge in [0, 0.05) is 0 Å². The second-order valence-electron chi connectivity index (χ2n) is 4.81. The van der Waals surface area contributed by atoms with Crippen molar-refractivity contribution in [3.8, 4) is 0 Å². The van der Waals surface area contributed by atoms with Crippen LogP contribution in [0.5, 0.6) is 0 Å². The molecule has 0 amide bonds. The molecule has 1 rings (SSSR count). The zero-order valence-corrected chi connectivity index (χ0v) is 12.6. The highest BCUT2D eigenvalue weighted by molar-refractivity contribution is 7.47. The molecule has 0 saturated carbocycles. The molecule has 0 atom stereocenters. The fourth-order valence-electron chi connectivity index (χ4n) is 2.03. The molecule has 0 aliphatic heterocycles. The fraction of sp³-hybridized carbons (Fsp3) is 0.529. The lowest BCUT2D eigenvalue weighted by molar-refractivity contribution is 0.598. The van der Waals surface area contributed by atoms with E-state index >= 15 is 0 Å². The van der Waals surface area contributed by atoms with Crippen LogP contribution in [0.15, 0.2) is 48.0 Å². The van der Waals surface area contributed by atoms with E-state index in [4.69, 9.17) is 0 Å². The Morgan fingerprint density at radius 3 is 1.72 bits per heavy atom. The molecule has 0 nitrogen and oxygen atoms in total. The summed E-state index contributed by atoms with van der Waals surface area (Å²) in [7, 11) is -0.0236. The number of aryl methyl sites for hydroxylation is 1. The summed E-state index contributed by atoms with van der Waals surface area (Å²) in [6, 6.07) is 12.8. The second-order valence-corrected chi connectivity index (χ2v) is 6.88. The first kappa shape index (κ1) is 15.3. The molecule has 1 heteroatoms. The van der Waals surface area contributed by atoms with E-state index < -0.39 is 0 Å². The number of hydrogen-bond donors (Lipinski definition) is 0. The minimum Gasteiger partial charge on any atom is -0.125 e. The molecule has 0 aliphatic rings. The quantitative estimate of drug-likeness (QED) is 0.466. The molecule has 0 aromatic carbocycles. The number of unbranched alkanes of at least 4 members (excludes halogenated alkanes) is 6. The highest BCUT2D eigenvalue weighted by Crippen LogP contribution is 2.27.